The number of carboxylic acid groups (broad SMARTS) is 1. The van der Waals surface area contributed by atoms with Crippen LogP contribution in [0.4, 0.5) is 0 Å². The molecule has 2 aromatic rings. The van der Waals surface area contributed by atoms with E-state index in [1.165, 1.54) is 0 Å². The van der Waals surface area contributed by atoms with Gasteiger partial charge in [0.1, 0.15) is 0 Å². The zero-order chi connectivity index (χ0) is 18.4. The Morgan fingerprint density at radius 2 is 1.84 bits per heavy atom. The lowest BCUT2D eigenvalue weighted by Gasteiger charge is -2.16. The number of aromatic carboxylic acids is 1. The first kappa shape index (κ1) is 19.1. The molecule has 0 saturated carbocycles. The van der Waals surface area contributed by atoms with Crippen LogP contribution in [0.25, 0.3) is 0 Å². The molecule has 2 aromatic carbocycles. The summed E-state index contributed by atoms with van der Waals surface area (Å²) in [4.78, 5) is 10.9. The van der Waals surface area contributed by atoms with Crippen molar-refractivity contribution >= 4 is 17.6 Å². The van der Waals surface area contributed by atoms with Crippen molar-refractivity contribution in [3.63, 3.8) is 0 Å². The normalized spacial score (nSPS) is 10.8. The van der Waals surface area contributed by atoms with Crippen LogP contribution in [0.15, 0.2) is 36.4 Å². The highest BCUT2D eigenvalue weighted by Crippen LogP contribution is 2.34. The van der Waals surface area contributed by atoms with Crippen molar-refractivity contribution < 1.29 is 19.4 Å². The van der Waals surface area contributed by atoms with E-state index in [0.717, 1.165) is 11.1 Å². The van der Waals surface area contributed by atoms with Gasteiger partial charge in [-0.15, -0.1) is 0 Å². The predicted octanol–water partition coefficient (Wildman–Crippen LogP) is 4.12. The van der Waals surface area contributed by atoms with Gasteiger partial charge in [0.25, 0.3) is 0 Å². The molecule has 0 amide bonds. The highest BCUT2D eigenvalue weighted by molar-refractivity contribution is 6.31. The molecule has 0 atom stereocenters. The summed E-state index contributed by atoms with van der Waals surface area (Å²) in [7, 11) is 1.59. The Morgan fingerprint density at radius 1 is 1.16 bits per heavy atom. The Labute approximate surface area is 152 Å². The monoisotopic (exact) mass is 363 g/mol. The summed E-state index contributed by atoms with van der Waals surface area (Å²) in [5.41, 5.74) is 2.17. The molecular formula is C19H22ClNO4. The van der Waals surface area contributed by atoms with Crippen LogP contribution in [-0.4, -0.2) is 24.3 Å². The van der Waals surface area contributed by atoms with Crippen molar-refractivity contribution in [1.82, 2.24) is 5.32 Å². The van der Waals surface area contributed by atoms with Crippen LogP contribution >= 0.6 is 11.6 Å². The number of halogens is 1. The molecular weight excluding hydrogens is 342 g/mol. The van der Waals surface area contributed by atoms with Gasteiger partial charge in [-0.2, -0.15) is 0 Å². The summed E-state index contributed by atoms with van der Waals surface area (Å²) in [5, 5.41) is 12.8. The maximum absolute atomic E-state index is 10.9. The van der Waals surface area contributed by atoms with Crippen LogP contribution in [0.2, 0.25) is 5.02 Å². The van der Waals surface area contributed by atoms with Gasteiger partial charge in [0.2, 0.25) is 0 Å². The molecule has 0 unspecified atom stereocenters. The molecule has 0 spiro atoms. The Morgan fingerprint density at radius 3 is 2.40 bits per heavy atom. The quantitative estimate of drug-likeness (QED) is 0.738. The van der Waals surface area contributed by atoms with E-state index in [0.29, 0.717) is 29.6 Å². The molecule has 5 nitrogen and oxygen atoms in total. The molecule has 0 aliphatic rings. The van der Waals surface area contributed by atoms with Crippen LogP contribution in [0.3, 0.4) is 0 Å². The Kier molecular flexibility index (Phi) is 6.67. The van der Waals surface area contributed by atoms with Crippen molar-refractivity contribution in [2.75, 3.05) is 7.11 Å². The smallest absolute Gasteiger partial charge is 0.335 e. The molecule has 2 N–H and O–H groups in total. The summed E-state index contributed by atoms with van der Waals surface area (Å²) >= 11 is 6.34. The first-order valence-corrected chi connectivity index (χ1v) is 8.34. The summed E-state index contributed by atoms with van der Waals surface area (Å²) in [6.45, 7) is 5.04. The van der Waals surface area contributed by atoms with Crippen molar-refractivity contribution in [3.8, 4) is 11.5 Å². The SMILES string of the molecule is COc1cc(CNCc2ccc(C(=O)O)cc2)c(Cl)cc1OC(C)C. The number of methoxy groups -OCH3 is 1. The van der Waals surface area contributed by atoms with E-state index in [2.05, 4.69) is 5.32 Å². The van der Waals surface area contributed by atoms with Crippen LogP contribution in [-0.2, 0) is 13.1 Å². The van der Waals surface area contributed by atoms with E-state index in [1.54, 1.807) is 37.4 Å². The van der Waals surface area contributed by atoms with Gasteiger partial charge < -0.3 is 19.9 Å². The number of hydrogen-bond acceptors (Lipinski definition) is 4. The number of nitrogens with one attached hydrogen (secondary N) is 1. The van der Waals surface area contributed by atoms with Crippen molar-refractivity contribution in [1.29, 1.82) is 0 Å². The van der Waals surface area contributed by atoms with Crippen LogP contribution in [0.5, 0.6) is 11.5 Å². The van der Waals surface area contributed by atoms with E-state index in [4.69, 9.17) is 26.2 Å². The second-order valence-electron chi connectivity index (χ2n) is 5.87. The lowest BCUT2D eigenvalue weighted by molar-refractivity contribution is 0.0697. The van der Waals surface area contributed by atoms with E-state index < -0.39 is 5.97 Å². The maximum Gasteiger partial charge on any atom is 0.335 e. The fourth-order valence-electron chi connectivity index (χ4n) is 2.32. The number of carbonyl (C=O) groups is 1. The number of ether oxygens (including phenoxy) is 2. The van der Waals surface area contributed by atoms with Gasteiger partial charge in [0.05, 0.1) is 18.8 Å². The Balaban J connectivity index is 2.01. The molecule has 0 radical (unpaired) electrons. The summed E-state index contributed by atoms with van der Waals surface area (Å²) in [5.74, 6) is 0.332. The molecule has 0 fully saturated rings. The van der Waals surface area contributed by atoms with Gasteiger partial charge >= 0.3 is 5.97 Å². The minimum Gasteiger partial charge on any atom is -0.493 e. The van der Waals surface area contributed by atoms with Gasteiger partial charge in [-0.05, 0) is 43.2 Å². The number of rotatable bonds is 8. The highest BCUT2D eigenvalue weighted by atomic mass is 35.5. The fraction of sp³-hybridized carbons (Fsp3) is 0.316. The first-order chi connectivity index (χ1) is 11.9. The fourth-order valence-corrected chi connectivity index (χ4v) is 2.55. The first-order valence-electron chi connectivity index (χ1n) is 7.96. The lowest BCUT2D eigenvalue weighted by atomic mass is 10.1. The van der Waals surface area contributed by atoms with E-state index >= 15 is 0 Å². The van der Waals surface area contributed by atoms with Crippen molar-refractivity contribution in [3.05, 3.63) is 58.1 Å². The van der Waals surface area contributed by atoms with Crippen LogP contribution in [0.1, 0.15) is 35.3 Å². The molecule has 25 heavy (non-hydrogen) atoms. The van der Waals surface area contributed by atoms with Gasteiger partial charge in [0, 0.05) is 24.2 Å². The van der Waals surface area contributed by atoms with Crippen molar-refractivity contribution in [2.24, 2.45) is 0 Å². The Bertz CT molecular complexity index is 729. The zero-order valence-electron chi connectivity index (χ0n) is 14.5. The maximum atomic E-state index is 10.9. The standard InChI is InChI=1S/C19H22ClNO4/c1-12(2)25-18-9-16(20)15(8-17(18)24-3)11-21-10-13-4-6-14(7-5-13)19(22)23/h4-9,12,21H,10-11H2,1-3H3,(H,22,23). The highest BCUT2D eigenvalue weighted by Gasteiger charge is 2.12. The largest absolute Gasteiger partial charge is 0.493 e. The molecule has 0 bridgehead atoms. The molecule has 0 aliphatic carbocycles. The third-order valence-corrected chi connectivity index (χ3v) is 3.89. The van der Waals surface area contributed by atoms with Gasteiger partial charge in [-0.3, -0.25) is 0 Å². The van der Waals surface area contributed by atoms with E-state index in [9.17, 15) is 4.79 Å². The zero-order valence-corrected chi connectivity index (χ0v) is 15.3. The van der Waals surface area contributed by atoms with E-state index in [-0.39, 0.29) is 11.7 Å². The summed E-state index contributed by atoms with van der Waals surface area (Å²) < 4.78 is 11.1. The third kappa shape index (κ3) is 5.37. The van der Waals surface area contributed by atoms with Crippen LogP contribution < -0.4 is 14.8 Å². The second-order valence-corrected chi connectivity index (χ2v) is 6.27. The molecule has 134 valence electrons. The van der Waals surface area contributed by atoms with E-state index in [1.807, 2.05) is 19.9 Å². The van der Waals surface area contributed by atoms with Gasteiger partial charge in [0.15, 0.2) is 11.5 Å². The molecule has 0 aliphatic heterocycles. The second kappa shape index (κ2) is 8.74. The number of benzene rings is 2. The minimum absolute atomic E-state index is 0.0303. The number of hydrogen-bond donors (Lipinski definition) is 2. The molecule has 0 saturated heterocycles. The lowest BCUT2D eigenvalue weighted by Crippen LogP contribution is -2.14. The Hall–Kier alpha value is -2.24. The predicted molar refractivity (Wildman–Crippen MR) is 97.7 cm³/mol. The topological polar surface area (TPSA) is 67.8 Å². The van der Waals surface area contributed by atoms with Gasteiger partial charge in [-0.1, -0.05) is 23.7 Å². The molecule has 2 rings (SSSR count). The van der Waals surface area contributed by atoms with Crippen molar-refractivity contribution in [2.45, 2.75) is 33.0 Å². The van der Waals surface area contributed by atoms with Gasteiger partial charge in [-0.25, -0.2) is 4.79 Å². The third-order valence-electron chi connectivity index (χ3n) is 3.54. The average molecular weight is 364 g/mol. The average Bonchev–Trinajstić information content (AvgIpc) is 2.56. The molecule has 0 heterocycles. The molecule has 6 heteroatoms. The summed E-state index contributed by atoms with van der Waals surface area (Å²) in [6.07, 6.45) is 0.0303. The number of carboxylic acids is 1. The van der Waals surface area contributed by atoms with Crippen LogP contribution in [0, 0.1) is 0 Å². The summed E-state index contributed by atoms with van der Waals surface area (Å²) in [6, 6.07) is 10.4. The minimum atomic E-state index is -0.929. The molecule has 0 aromatic heterocycles.